The lowest BCUT2D eigenvalue weighted by Gasteiger charge is -2.02. The molecule has 0 heterocycles. The highest BCUT2D eigenvalue weighted by Crippen LogP contribution is 2.13. The van der Waals surface area contributed by atoms with Gasteiger partial charge in [-0.25, -0.2) is 4.79 Å². The summed E-state index contributed by atoms with van der Waals surface area (Å²) in [4.78, 5) is 11.5. The molecule has 18 heavy (non-hydrogen) atoms. The molecule has 1 aromatic carbocycles. The predicted molar refractivity (Wildman–Crippen MR) is 72.4 cm³/mol. The molecule has 0 unspecified atom stereocenters. The maximum absolute atomic E-state index is 11.5. The third-order valence-electron chi connectivity index (χ3n) is 2.39. The first-order chi connectivity index (χ1) is 8.71. The average molecular weight is 246 g/mol. The van der Waals surface area contributed by atoms with Gasteiger partial charge < -0.3 is 9.47 Å². The van der Waals surface area contributed by atoms with Crippen LogP contribution in [0.25, 0.3) is 6.08 Å². The van der Waals surface area contributed by atoms with Crippen molar-refractivity contribution in [1.29, 1.82) is 0 Å². The maximum Gasteiger partial charge on any atom is 0.337 e. The van der Waals surface area contributed by atoms with E-state index in [1.807, 2.05) is 37.3 Å². The van der Waals surface area contributed by atoms with Crippen LogP contribution in [0.15, 0.2) is 42.0 Å². The molecule has 0 aliphatic heterocycles. The fraction of sp³-hybridized carbons (Fsp3) is 0.267. The van der Waals surface area contributed by atoms with Crippen molar-refractivity contribution < 1.29 is 14.3 Å². The lowest BCUT2D eigenvalue weighted by atomic mass is 10.1. The number of esters is 1. The Morgan fingerprint density at radius 2 is 1.94 bits per heavy atom. The largest absolute Gasteiger partial charge is 0.497 e. The van der Waals surface area contributed by atoms with Crippen molar-refractivity contribution in [3.05, 3.63) is 47.6 Å². The van der Waals surface area contributed by atoms with Crippen LogP contribution in [0.4, 0.5) is 0 Å². The summed E-state index contributed by atoms with van der Waals surface area (Å²) < 4.78 is 10.0. The van der Waals surface area contributed by atoms with Gasteiger partial charge in [0.05, 0.1) is 19.3 Å². The number of rotatable bonds is 5. The first kappa shape index (κ1) is 14.0. The van der Waals surface area contributed by atoms with E-state index in [0.717, 1.165) is 11.3 Å². The molecule has 0 aromatic heterocycles. The number of allylic oxidation sites excluding steroid dienone is 1. The van der Waals surface area contributed by atoms with Crippen molar-refractivity contribution in [2.24, 2.45) is 0 Å². The summed E-state index contributed by atoms with van der Waals surface area (Å²) in [5.41, 5.74) is 1.55. The van der Waals surface area contributed by atoms with Crippen LogP contribution in [0.2, 0.25) is 0 Å². The van der Waals surface area contributed by atoms with Crippen LogP contribution in [0.1, 0.15) is 19.4 Å². The quantitative estimate of drug-likeness (QED) is 0.454. The zero-order valence-electron chi connectivity index (χ0n) is 11.0. The second kappa shape index (κ2) is 7.33. The molecule has 0 amide bonds. The van der Waals surface area contributed by atoms with Gasteiger partial charge in [-0.05, 0) is 37.6 Å². The molecule has 1 rings (SSSR count). The standard InChI is InChI=1S/C15H18O3/c1-4-13(15(16)18-5-2)9-6-12-7-10-14(17-3)11-8-12/h4,6-11H,5H2,1-3H3/b9-6+,13-4+. The molecule has 3 nitrogen and oxygen atoms in total. The average Bonchev–Trinajstić information content (AvgIpc) is 2.40. The lowest BCUT2D eigenvalue weighted by molar-refractivity contribution is -0.138. The van der Waals surface area contributed by atoms with E-state index in [1.165, 1.54) is 0 Å². The predicted octanol–water partition coefficient (Wildman–Crippen LogP) is 3.22. The number of hydrogen-bond donors (Lipinski definition) is 0. The number of ether oxygens (including phenoxy) is 2. The Hall–Kier alpha value is -2.03. The van der Waals surface area contributed by atoms with Gasteiger partial charge in [0, 0.05) is 0 Å². The van der Waals surface area contributed by atoms with E-state index < -0.39 is 0 Å². The molecule has 0 atom stereocenters. The minimum absolute atomic E-state index is 0.301. The number of methoxy groups -OCH3 is 1. The minimum atomic E-state index is -0.301. The summed E-state index contributed by atoms with van der Waals surface area (Å²) >= 11 is 0. The highest BCUT2D eigenvalue weighted by molar-refractivity contribution is 5.92. The Bertz CT molecular complexity index is 441. The molecular weight excluding hydrogens is 228 g/mol. The van der Waals surface area contributed by atoms with Crippen LogP contribution in [-0.4, -0.2) is 19.7 Å². The molecule has 0 aliphatic carbocycles. The lowest BCUT2D eigenvalue weighted by Crippen LogP contribution is -2.05. The van der Waals surface area contributed by atoms with Gasteiger partial charge in [-0.2, -0.15) is 0 Å². The summed E-state index contributed by atoms with van der Waals surface area (Å²) in [6.45, 7) is 3.98. The first-order valence-electron chi connectivity index (χ1n) is 5.86. The molecule has 0 N–H and O–H groups in total. The third-order valence-corrected chi connectivity index (χ3v) is 2.39. The Balaban J connectivity index is 2.74. The smallest absolute Gasteiger partial charge is 0.337 e. The fourth-order valence-corrected chi connectivity index (χ4v) is 1.40. The molecule has 3 heteroatoms. The van der Waals surface area contributed by atoms with Crippen molar-refractivity contribution >= 4 is 12.0 Å². The Morgan fingerprint density at radius 1 is 1.28 bits per heavy atom. The number of carbonyl (C=O) groups is 1. The summed E-state index contributed by atoms with van der Waals surface area (Å²) in [7, 11) is 1.63. The third kappa shape index (κ3) is 4.09. The number of benzene rings is 1. The zero-order valence-corrected chi connectivity index (χ0v) is 11.0. The van der Waals surface area contributed by atoms with Crippen LogP contribution in [-0.2, 0) is 9.53 Å². The van der Waals surface area contributed by atoms with Gasteiger partial charge in [0.15, 0.2) is 0 Å². The zero-order chi connectivity index (χ0) is 13.4. The minimum Gasteiger partial charge on any atom is -0.497 e. The highest BCUT2D eigenvalue weighted by atomic mass is 16.5. The topological polar surface area (TPSA) is 35.5 Å². The molecule has 0 saturated carbocycles. The van der Waals surface area contributed by atoms with E-state index in [-0.39, 0.29) is 5.97 Å². The molecule has 0 spiro atoms. The molecule has 0 fully saturated rings. The van der Waals surface area contributed by atoms with Crippen LogP contribution in [0, 0.1) is 0 Å². The summed E-state index contributed by atoms with van der Waals surface area (Å²) in [5, 5.41) is 0. The van der Waals surface area contributed by atoms with Crippen LogP contribution in [0.5, 0.6) is 5.75 Å². The van der Waals surface area contributed by atoms with E-state index in [4.69, 9.17) is 9.47 Å². The van der Waals surface area contributed by atoms with E-state index in [0.29, 0.717) is 12.2 Å². The molecule has 0 aliphatic rings. The molecule has 1 aromatic rings. The summed E-state index contributed by atoms with van der Waals surface area (Å²) in [6, 6.07) is 7.60. The van der Waals surface area contributed by atoms with E-state index in [9.17, 15) is 4.79 Å². The van der Waals surface area contributed by atoms with Gasteiger partial charge in [0.25, 0.3) is 0 Å². The highest BCUT2D eigenvalue weighted by Gasteiger charge is 2.04. The maximum atomic E-state index is 11.5. The van der Waals surface area contributed by atoms with Gasteiger partial charge >= 0.3 is 5.97 Å². The van der Waals surface area contributed by atoms with Gasteiger partial charge in [-0.1, -0.05) is 24.3 Å². The van der Waals surface area contributed by atoms with Crippen LogP contribution >= 0.6 is 0 Å². The molecular formula is C15H18O3. The van der Waals surface area contributed by atoms with Gasteiger partial charge in [-0.15, -0.1) is 0 Å². The van der Waals surface area contributed by atoms with Crippen LogP contribution in [0.3, 0.4) is 0 Å². The first-order valence-corrected chi connectivity index (χ1v) is 5.86. The van der Waals surface area contributed by atoms with Gasteiger partial charge in [0.1, 0.15) is 5.75 Å². The Labute approximate surface area is 108 Å². The van der Waals surface area contributed by atoms with E-state index in [2.05, 4.69) is 0 Å². The normalized spacial score (nSPS) is 11.6. The monoisotopic (exact) mass is 246 g/mol. The van der Waals surface area contributed by atoms with Crippen molar-refractivity contribution in [3.63, 3.8) is 0 Å². The van der Waals surface area contributed by atoms with Crippen molar-refractivity contribution in [2.75, 3.05) is 13.7 Å². The molecule has 0 radical (unpaired) electrons. The second-order valence-corrected chi connectivity index (χ2v) is 3.57. The van der Waals surface area contributed by atoms with Gasteiger partial charge in [0.2, 0.25) is 0 Å². The molecule has 0 bridgehead atoms. The number of hydrogen-bond acceptors (Lipinski definition) is 3. The van der Waals surface area contributed by atoms with Crippen molar-refractivity contribution in [3.8, 4) is 5.75 Å². The summed E-state index contributed by atoms with van der Waals surface area (Å²) in [6.07, 6.45) is 5.35. The van der Waals surface area contributed by atoms with Crippen molar-refractivity contribution in [1.82, 2.24) is 0 Å². The van der Waals surface area contributed by atoms with E-state index >= 15 is 0 Å². The van der Waals surface area contributed by atoms with Crippen molar-refractivity contribution in [2.45, 2.75) is 13.8 Å². The summed E-state index contributed by atoms with van der Waals surface area (Å²) in [5.74, 6) is 0.508. The molecule has 0 saturated heterocycles. The Morgan fingerprint density at radius 3 is 2.44 bits per heavy atom. The number of carbonyl (C=O) groups excluding carboxylic acids is 1. The van der Waals surface area contributed by atoms with Crippen LogP contribution < -0.4 is 4.74 Å². The Kier molecular flexibility index (Phi) is 5.71. The van der Waals surface area contributed by atoms with E-state index in [1.54, 1.807) is 26.2 Å². The SMILES string of the molecule is C/C=C(\C=C\c1ccc(OC)cc1)C(=O)OCC. The molecule has 96 valence electrons. The van der Waals surface area contributed by atoms with Gasteiger partial charge in [-0.3, -0.25) is 0 Å². The fourth-order valence-electron chi connectivity index (χ4n) is 1.40. The second-order valence-electron chi connectivity index (χ2n) is 3.57.